The highest BCUT2D eigenvalue weighted by Crippen LogP contribution is 2.30. The lowest BCUT2D eigenvalue weighted by molar-refractivity contribution is -0.904. The van der Waals surface area contributed by atoms with Crippen LogP contribution < -0.4 is 9.47 Å². The Morgan fingerprint density at radius 2 is 1.46 bits per heavy atom. The number of hydrogen-bond acceptors (Lipinski definition) is 3. The zero-order valence-electron chi connectivity index (χ0n) is 24.5. The van der Waals surface area contributed by atoms with E-state index in [1.807, 2.05) is 18.2 Å². The van der Waals surface area contributed by atoms with E-state index >= 15 is 0 Å². The van der Waals surface area contributed by atoms with Gasteiger partial charge in [-0.2, -0.15) is 0 Å². The molecular weight excluding hydrogens is 489 g/mol. The largest absolute Gasteiger partial charge is 0.491 e. The van der Waals surface area contributed by atoms with Gasteiger partial charge in [-0.15, -0.1) is 0 Å². The molecule has 39 heavy (non-hydrogen) atoms. The highest BCUT2D eigenvalue weighted by atomic mass is 19.1. The fourth-order valence-corrected chi connectivity index (χ4v) is 4.65. The summed E-state index contributed by atoms with van der Waals surface area (Å²) in [5.41, 5.74) is 3.62. The molecule has 3 aromatic carbocycles. The van der Waals surface area contributed by atoms with E-state index in [2.05, 4.69) is 71.3 Å². The predicted octanol–water partition coefficient (Wildman–Crippen LogP) is 7.93. The van der Waals surface area contributed by atoms with Crippen LogP contribution in [0.5, 0.6) is 11.5 Å². The molecule has 0 aliphatic carbocycles. The van der Waals surface area contributed by atoms with Gasteiger partial charge in [0.2, 0.25) is 0 Å². The molecule has 0 spiro atoms. The van der Waals surface area contributed by atoms with Crippen molar-refractivity contribution >= 4 is 0 Å². The van der Waals surface area contributed by atoms with Gasteiger partial charge in [0.1, 0.15) is 43.6 Å². The molecule has 4 nitrogen and oxygen atoms in total. The highest BCUT2D eigenvalue weighted by molar-refractivity contribution is 5.31. The Morgan fingerprint density at radius 1 is 0.769 bits per heavy atom. The summed E-state index contributed by atoms with van der Waals surface area (Å²) in [6.07, 6.45) is 5.03. The van der Waals surface area contributed by atoms with Crippen molar-refractivity contribution < 1.29 is 23.1 Å². The summed E-state index contributed by atoms with van der Waals surface area (Å²) in [6, 6.07) is 23.2. The number of hydrogen-bond donors (Lipinski definition) is 0. The second kappa shape index (κ2) is 15.0. The third-order valence-electron chi connectivity index (χ3n) is 7.21. The van der Waals surface area contributed by atoms with Crippen LogP contribution in [0.1, 0.15) is 63.1 Å². The number of likely N-dealkylation sites (N-methyl/N-ethyl adjacent to an activating group) is 1. The van der Waals surface area contributed by atoms with Crippen LogP contribution in [-0.2, 0) is 23.3 Å². The Kier molecular flexibility index (Phi) is 11.8. The third kappa shape index (κ3) is 11.0. The predicted molar refractivity (Wildman–Crippen MR) is 158 cm³/mol. The maximum absolute atomic E-state index is 13.3. The number of rotatable bonds is 17. The topological polar surface area (TPSA) is 27.7 Å². The Hall–Kier alpha value is -2.89. The lowest BCUT2D eigenvalue weighted by Gasteiger charge is -2.29. The van der Waals surface area contributed by atoms with Gasteiger partial charge >= 0.3 is 0 Å². The SMILES string of the molecule is CCCCCC(C)(C)c1ccc(OCCOCC[N+](C)(C)Cc2ccc(OCc3cccc(F)c3)cc2)cc1. The molecule has 0 aromatic heterocycles. The molecule has 3 rings (SSSR count). The molecule has 3 aromatic rings. The fraction of sp³-hybridized carbons (Fsp3) is 0.471. The minimum atomic E-state index is -0.245. The number of halogens is 1. The first-order valence-corrected chi connectivity index (χ1v) is 14.3. The van der Waals surface area contributed by atoms with Crippen molar-refractivity contribution in [1.82, 2.24) is 0 Å². The van der Waals surface area contributed by atoms with Gasteiger partial charge in [-0.3, -0.25) is 0 Å². The summed E-state index contributed by atoms with van der Waals surface area (Å²) in [4.78, 5) is 0. The van der Waals surface area contributed by atoms with Crippen molar-refractivity contribution in [2.24, 2.45) is 0 Å². The van der Waals surface area contributed by atoms with Crippen molar-refractivity contribution in [2.45, 2.75) is 65.0 Å². The molecule has 0 saturated heterocycles. The zero-order valence-corrected chi connectivity index (χ0v) is 24.5. The summed E-state index contributed by atoms with van der Waals surface area (Å²) in [6.45, 7) is 10.8. The van der Waals surface area contributed by atoms with Crippen LogP contribution in [0.4, 0.5) is 4.39 Å². The molecule has 0 N–H and O–H groups in total. The number of nitrogens with zero attached hydrogens (tertiary/aromatic N) is 1. The molecule has 212 valence electrons. The van der Waals surface area contributed by atoms with Crippen LogP contribution >= 0.6 is 0 Å². The quantitative estimate of drug-likeness (QED) is 0.129. The van der Waals surface area contributed by atoms with Crippen LogP contribution in [-0.4, -0.2) is 44.9 Å². The molecule has 0 bridgehead atoms. The average molecular weight is 537 g/mol. The Bertz CT molecular complexity index is 1110. The average Bonchev–Trinajstić information content (AvgIpc) is 2.90. The molecule has 0 heterocycles. The van der Waals surface area contributed by atoms with Crippen molar-refractivity contribution in [2.75, 3.05) is 40.5 Å². The molecule has 0 atom stereocenters. The zero-order chi connectivity index (χ0) is 28.1. The van der Waals surface area contributed by atoms with Crippen LogP contribution in [0.15, 0.2) is 72.8 Å². The van der Waals surface area contributed by atoms with Gasteiger partial charge in [-0.25, -0.2) is 4.39 Å². The molecule has 0 fully saturated rings. The highest BCUT2D eigenvalue weighted by Gasteiger charge is 2.20. The fourth-order valence-electron chi connectivity index (χ4n) is 4.65. The van der Waals surface area contributed by atoms with E-state index in [0.717, 1.165) is 34.6 Å². The van der Waals surface area contributed by atoms with Gasteiger partial charge in [0, 0.05) is 5.56 Å². The standard InChI is InChI=1S/C34H47FNO3/c1-6-7-8-20-34(2,3)30-14-18-32(19-15-30)38-24-23-37-22-21-36(4,5)26-28-12-16-33(17-13-28)39-27-29-10-9-11-31(35)25-29/h9-19,25H,6-8,20-24,26-27H2,1-5H3/q+1. The van der Waals surface area contributed by atoms with Crippen LogP contribution in [0.2, 0.25) is 0 Å². The van der Waals surface area contributed by atoms with E-state index in [9.17, 15) is 4.39 Å². The first-order valence-electron chi connectivity index (χ1n) is 14.3. The Labute approximate surface area is 235 Å². The summed E-state index contributed by atoms with van der Waals surface area (Å²) in [5.74, 6) is 1.43. The smallest absolute Gasteiger partial charge is 0.123 e. The van der Waals surface area contributed by atoms with Crippen LogP contribution in [0, 0.1) is 5.82 Å². The summed E-state index contributed by atoms with van der Waals surface area (Å²) >= 11 is 0. The third-order valence-corrected chi connectivity index (χ3v) is 7.21. The summed E-state index contributed by atoms with van der Waals surface area (Å²) in [5, 5.41) is 0. The van der Waals surface area contributed by atoms with Gasteiger partial charge in [0.15, 0.2) is 0 Å². The normalized spacial score (nSPS) is 11.9. The first kappa shape index (κ1) is 30.6. The van der Waals surface area contributed by atoms with Gasteiger partial charge in [0.25, 0.3) is 0 Å². The summed E-state index contributed by atoms with van der Waals surface area (Å²) in [7, 11) is 4.42. The lowest BCUT2D eigenvalue weighted by Crippen LogP contribution is -2.41. The maximum Gasteiger partial charge on any atom is 0.123 e. The molecule has 0 unspecified atom stereocenters. The van der Waals surface area contributed by atoms with Gasteiger partial charge in [-0.1, -0.05) is 64.3 Å². The van der Waals surface area contributed by atoms with E-state index in [1.54, 1.807) is 6.07 Å². The molecule has 0 amide bonds. The number of unbranched alkanes of at least 4 members (excludes halogenated alkanes) is 2. The monoisotopic (exact) mass is 536 g/mol. The van der Waals surface area contributed by atoms with Crippen molar-refractivity contribution in [1.29, 1.82) is 0 Å². The van der Waals surface area contributed by atoms with E-state index in [1.165, 1.54) is 48.9 Å². The Morgan fingerprint density at radius 3 is 2.15 bits per heavy atom. The molecule has 5 heteroatoms. The molecule has 0 saturated carbocycles. The number of quaternary nitrogens is 1. The van der Waals surface area contributed by atoms with E-state index < -0.39 is 0 Å². The Balaban J connectivity index is 1.32. The first-order chi connectivity index (χ1) is 18.7. The minimum Gasteiger partial charge on any atom is -0.491 e. The van der Waals surface area contributed by atoms with Crippen LogP contribution in [0.3, 0.4) is 0 Å². The molecule has 0 aliphatic rings. The van der Waals surface area contributed by atoms with Gasteiger partial charge in [0.05, 0.1) is 27.3 Å². The second-order valence-corrected chi connectivity index (χ2v) is 11.7. The van der Waals surface area contributed by atoms with Crippen molar-refractivity contribution in [3.63, 3.8) is 0 Å². The molecule has 0 aliphatic heterocycles. The summed E-state index contributed by atoms with van der Waals surface area (Å²) < 4.78 is 31.7. The lowest BCUT2D eigenvalue weighted by atomic mass is 9.80. The van der Waals surface area contributed by atoms with E-state index in [-0.39, 0.29) is 11.2 Å². The molecular formula is C34H47FNO3+. The van der Waals surface area contributed by atoms with Gasteiger partial charge in [-0.05, 0) is 71.5 Å². The number of benzene rings is 3. The number of ether oxygens (including phenoxy) is 3. The molecule has 0 radical (unpaired) electrons. The van der Waals surface area contributed by atoms with Gasteiger partial charge < -0.3 is 18.7 Å². The van der Waals surface area contributed by atoms with E-state index in [0.29, 0.717) is 26.4 Å². The van der Waals surface area contributed by atoms with Crippen molar-refractivity contribution in [3.05, 3.63) is 95.3 Å². The minimum absolute atomic E-state index is 0.196. The van der Waals surface area contributed by atoms with Crippen molar-refractivity contribution in [3.8, 4) is 11.5 Å². The van der Waals surface area contributed by atoms with E-state index in [4.69, 9.17) is 14.2 Å². The van der Waals surface area contributed by atoms with Crippen LogP contribution in [0.25, 0.3) is 0 Å². The maximum atomic E-state index is 13.3. The second-order valence-electron chi connectivity index (χ2n) is 11.7.